The maximum absolute atomic E-state index is 12.1. The van der Waals surface area contributed by atoms with E-state index >= 15 is 0 Å². The standard InChI is InChI=1S/C13H15NO2S/c1-11(2)8-9-13(10-14)17(15,16)12-6-4-3-5-7-12/h3-8,13H,9H2,1-2H3. The summed E-state index contributed by atoms with van der Waals surface area (Å²) in [5.74, 6) is 0. The number of hydrogen-bond acceptors (Lipinski definition) is 3. The highest BCUT2D eigenvalue weighted by Gasteiger charge is 2.25. The van der Waals surface area contributed by atoms with Gasteiger partial charge in [0.2, 0.25) is 0 Å². The largest absolute Gasteiger partial charge is 0.222 e. The highest BCUT2D eigenvalue weighted by Crippen LogP contribution is 2.18. The molecule has 1 unspecified atom stereocenters. The zero-order chi connectivity index (χ0) is 12.9. The van der Waals surface area contributed by atoms with Crippen molar-refractivity contribution in [2.24, 2.45) is 0 Å². The van der Waals surface area contributed by atoms with Crippen LogP contribution < -0.4 is 0 Å². The van der Waals surface area contributed by atoms with E-state index in [1.807, 2.05) is 19.9 Å². The van der Waals surface area contributed by atoms with Gasteiger partial charge in [0.15, 0.2) is 15.1 Å². The maximum atomic E-state index is 12.1. The number of sulfone groups is 1. The molecule has 0 aliphatic carbocycles. The van der Waals surface area contributed by atoms with Crippen molar-refractivity contribution in [2.45, 2.75) is 30.4 Å². The van der Waals surface area contributed by atoms with Gasteiger partial charge in [-0.1, -0.05) is 29.8 Å². The lowest BCUT2D eigenvalue weighted by molar-refractivity contribution is 0.589. The fourth-order valence-electron chi connectivity index (χ4n) is 1.37. The molecule has 0 radical (unpaired) electrons. The quantitative estimate of drug-likeness (QED) is 0.771. The first-order valence-electron chi connectivity index (χ1n) is 5.30. The van der Waals surface area contributed by atoms with Crippen molar-refractivity contribution in [1.82, 2.24) is 0 Å². The number of hydrogen-bond donors (Lipinski definition) is 0. The first kappa shape index (κ1) is 13.5. The summed E-state index contributed by atoms with van der Waals surface area (Å²) in [4.78, 5) is 0.203. The topological polar surface area (TPSA) is 57.9 Å². The minimum Gasteiger partial charge on any atom is -0.222 e. The summed E-state index contributed by atoms with van der Waals surface area (Å²) in [5.41, 5.74) is 1.01. The third-order valence-electron chi connectivity index (χ3n) is 2.33. The van der Waals surface area contributed by atoms with Crippen LogP contribution in [0.2, 0.25) is 0 Å². The Kier molecular flexibility index (Phi) is 4.47. The monoisotopic (exact) mass is 249 g/mol. The van der Waals surface area contributed by atoms with Gasteiger partial charge in [-0.05, 0) is 32.4 Å². The number of allylic oxidation sites excluding steroid dienone is 2. The highest BCUT2D eigenvalue weighted by atomic mass is 32.2. The SMILES string of the molecule is CC(C)=CCC(C#N)S(=O)(=O)c1ccccc1. The zero-order valence-corrected chi connectivity index (χ0v) is 10.7. The molecule has 0 aromatic heterocycles. The summed E-state index contributed by atoms with van der Waals surface area (Å²) in [6.45, 7) is 3.76. The van der Waals surface area contributed by atoms with E-state index in [1.165, 1.54) is 12.1 Å². The lowest BCUT2D eigenvalue weighted by Crippen LogP contribution is -2.19. The molecular weight excluding hydrogens is 234 g/mol. The van der Waals surface area contributed by atoms with Gasteiger partial charge >= 0.3 is 0 Å². The molecule has 3 nitrogen and oxygen atoms in total. The van der Waals surface area contributed by atoms with Gasteiger partial charge in [-0.15, -0.1) is 0 Å². The van der Waals surface area contributed by atoms with Gasteiger partial charge in [0.1, 0.15) is 0 Å². The molecular formula is C13H15NO2S. The van der Waals surface area contributed by atoms with E-state index in [9.17, 15) is 8.42 Å². The molecule has 1 aromatic rings. The van der Waals surface area contributed by atoms with Crippen molar-refractivity contribution in [3.63, 3.8) is 0 Å². The second-order valence-corrected chi connectivity index (χ2v) is 6.12. The van der Waals surface area contributed by atoms with Crippen LogP contribution in [0.25, 0.3) is 0 Å². The number of rotatable bonds is 4. The summed E-state index contributed by atoms with van der Waals surface area (Å²) in [7, 11) is -3.55. The molecule has 0 N–H and O–H groups in total. The van der Waals surface area contributed by atoms with Crippen molar-refractivity contribution < 1.29 is 8.42 Å². The minimum absolute atomic E-state index is 0.203. The van der Waals surface area contributed by atoms with Crippen LogP contribution in [0, 0.1) is 11.3 Å². The molecule has 0 heterocycles. The Morgan fingerprint density at radius 2 is 1.94 bits per heavy atom. The van der Waals surface area contributed by atoms with Crippen LogP contribution in [-0.2, 0) is 9.84 Å². The van der Waals surface area contributed by atoms with Crippen LogP contribution in [0.15, 0.2) is 46.9 Å². The average Bonchev–Trinajstić information content (AvgIpc) is 2.30. The van der Waals surface area contributed by atoms with E-state index < -0.39 is 15.1 Å². The van der Waals surface area contributed by atoms with Gasteiger partial charge in [0, 0.05) is 0 Å². The first-order chi connectivity index (χ1) is 7.98. The molecule has 4 heteroatoms. The summed E-state index contributed by atoms with van der Waals surface area (Å²) >= 11 is 0. The highest BCUT2D eigenvalue weighted by molar-refractivity contribution is 7.92. The predicted octanol–water partition coefficient (Wildman–Crippen LogP) is 2.71. The average molecular weight is 249 g/mol. The Labute approximate surface area is 102 Å². The molecule has 0 fully saturated rings. The van der Waals surface area contributed by atoms with Gasteiger partial charge in [0.25, 0.3) is 0 Å². The van der Waals surface area contributed by atoms with E-state index in [0.717, 1.165) is 5.57 Å². The van der Waals surface area contributed by atoms with Crippen LogP contribution >= 0.6 is 0 Å². The molecule has 0 amide bonds. The smallest absolute Gasteiger partial charge is 0.194 e. The van der Waals surface area contributed by atoms with E-state index in [4.69, 9.17) is 5.26 Å². The van der Waals surface area contributed by atoms with Crippen LogP contribution in [-0.4, -0.2) is 13.7 Å². The Morgan fingerprint density at radius 1 is 1.35 bits per heavy atom. The Morgan fingerprint density at radius 3 is 2.41 bits per heavy atom. The lowest BCUT2D eigenvalue weighted by Gasteiger charge is -2.08. The normalized spacial score (nSPS) is 12.5. The van der Waals surface area contributed by atoms with Crippen molar-refractivity contribution in [2.75, 3.05) is 0 Å². The van der Waals surface area contributed by atoms with E-state index in [-0.39, 0.29) is 11.3 Å². The second kappa shape index (κ2) is 5.65. The zero-order valence-electron chi connectivity index (χ0n) is 9.92. The summed E-state index contributed by atoms with van der Waals surface area (Å²) < 4.78 is 24.2. The molecule has 0 saturated carbocycles. The van der Waals surface area contributed by atoms with Gasteiger partial charge in [-0.3, -0.25) is 0 Å². The summed E-state index contributed by atoms with van der Waals surface area (Å²) in [5, 5.41) is 7.96. The lowest BCUT2D eigenvalue weighted by atomic mass is 10.2. The third kappa shape index (κ3) is 3.43. The summed E-state index contributed by atoms with van der Waals surface area (Å²) in [6, 6.07) is 9.95. The molecule has 0 aliphatic rings. The van der Waals surface area contributed by atoms with Crippen LogP contribution in [0.1, 0.15) is 20.3 Å². The number of nitriles is 1. The van der Waals surface area contributed by atoms with Crippen molar-refractivity contribution in [1.29, 1.82) is 5.26 Å². The number of benzene rings is 1. The van der Waals surface area contributed by atoms with Crippen LogP contribution in [0.3, 0.4) is 0 Å². The van der Waals surface area contributed by atoms with Gasteiger partial charge < -0.3 is 0 Å². The van der Waals surface area contributed by atoms with Crippen molar-refractivity contribution in [3.8, 4) is 6.07 Å². The van der Waals surface area contributed by atoms with Crippen LogP contribution in [0.4, 0.5) is 0 Å². The third-order valence-corrected chi connectivity index (χ3v) is 4.31. The second-order valence-electron chi connectivity index (χ2n) is 3.99. The van der Waals surface area contributed by atoms with Crippen molar-refractivity contribution >= 4 is 9.84 Å². The summed E-state index contributed by atoms with van der Waals surface area (Å²) in [6.07, 6.45) is 2.00. The molecule has 0 spiro atoms. The number of nitrogens with zero attached hydrogens (tertiary/aromatic N) is 1. The molecule has 90 valence electrons. The fraction of sp³-hybridized carbons (Fsp3) is 0.308. The molecule has 1 aromatic carbocycles. The molecule has 0 aliphatic heterocycles. The van der Waals surface area contributed by atoms with Gasteiger partial charge in [0.05, 0.1) is 11.0 Å². The van der Waals surface area contributed by atoms with Gasteiger partial charge in [-0.2, -0.15) is 5.26 Å². The van der Waals surface area contributed by atoms with E-state index in [0.29, 0.717) is 0 Å². The fourth-order valence-corrected chi connectivity index (χ4v) is 2.72. The van der Waals surface area contributed by atoms with Crippen molar-refractivity contribution in [3.05, 3.63) is 42.0 Å². The Balaban J connectivity index is 3.05. The molecule has 1 rings (SSSR count). The minimum atomic E-state index is -3.55. The van der Waals surface area contributed by atoms with E-state index in [1.54, 1.807) is 24.3 Å². The van der Waals surface area contributed by atoms with E-state index in [2.05, 4.69) is 0 Å². The Hall–Kier alpha value is -1.60. The predicted molar refractivity (Wildman–Crippen MR) is 67.1 cm³/mol. The molecule has 0 bridgehead atoms. The molecule has 1 atom stereocenters. The molecule has 17 heavy (non-hydrogen) atoms. The maximum Gasteiger partial charge on any atom is 0.194 e. The molecule has 0 saturated heterocycles. The first-order valence-corrected chi connectivity index (χ1v) is 6.85. The van der Waals surface area contributed by atoms with Crippen LogP contribution in [0.5, 0.6) is 0 Å². The Bertz CT molecular complexity index is 535. The van der Waals surface area contributed by atoms with Gasteiger partial charge in [-0.25, -0.2) is 8.42 Å².